The molecule has 7 nitrogen and oxygen atoms in total. The summed E-state index contributed by atoms with van der Waals surface area (Å²) in [6.07, 6.45) is 1.87. The number of likely N-dealkylation sites (tertiary alicyclic amines) is 1. The van der Waals surface area contributed by atoms with Crippen LogP contribution in [0.4, 0.5) is 0 Å². The molecule has 0 spiro atoms. The molecule has 0 N–H and O–H groups in total. The fourth-order valence-electron chi connectivity index (χ4n) is 3.23. The molecule has 1 fully saturated rings. The van der Waals surface area contributed by atoms with Gasteiger partial charge in [-0.3, -0.25) is 9.20 Å². The molecular formula is C18H15N5O2S. The summed E-state index contributed by atoms with van der Waals surface area (Å²) >= 11 is 1.59. The third kappa shape index (κ3) is 2.33. The molecule has 26 heavy (non-hydrogen) atoms. The van der Waals surface area contributed by atoms with Gasteiger partial charge in [0.1, 0.15) is 11.3 Å². The molecule has 1 aliphatic heterocycles. The lowest BCUT2D eigenvalue weighted by Gasteiger charge is -2.37. The van der Waals surface area contributed by atoms with Crippen LogP contribution in [0.25, 0.3) is 17.0 Å². The van der Waals surface area contributed by atoms with E-state index in [4.69, 9.17) is 4.52 Å². The van der Waals surface area contributed by atoms with Gasteiger partial charge in [-0.15, -0.1) is 0 Å². The molecule has 4 aromatic heterocycles. The van der Waals surface area contributed by atoms with Crippen molar-refractivity contribution in [2.45, 2.75) is 12.8 Å². The molecule has 1 amide bonds. The van der Waals surface area contributed by atoms with E-state index in [0.717, 1.165) is 16.9 Å². The highest BCUT2D eigenvalue weighted by Crippen LogP contribution is 2.30. The summed E-state index contributed by atoms with van der Waals surface area (Å²) in [5.41, 5.74) is 3.09. The number of hydrogen-bond donors (Lipinski definition) is 0. The number of pyridine rings is 1. The van der Waals surface area contributed by atoms with Crippen molar-refractivity contribution in [3.8, 4) is 11.4 Å². The summed E-state index contributed by atoms with van der Waals surface area (Å²) in [6.45, 7) is 3.01. The van der Waals surface area contributed by atoms with E-state index in [0.29, 0.717) is 30.5 Å². The number of aryl methyl sites for hydroxylation is 1. The van der Waals surface area contributed by atoms with Gasteiger partial charge in [0.05, 0.1) is 11.6 Å². The molecule has 0 aromatic carbocycles. The Morgan fingerprint density at radius 3 is 2.96 bits per heavy atom. The minimum absolute atomic E-state index is 0.0185. The summed E-state index contributed by atoms with van der Waals surface area (Å²) in [5, 5.41) is 8.00. The lowest BCUT2D eigenvalue weighted by Crippen LogP contribution is -2.49. The highest BCUT2D eigenvalue weighted by Gasteiger charge is 2.37. The predicted octanol–water partition coefficient (Wildman–Crippen LogP) is 2.99. The van der Waals surface area contributed by atoms with Crippen LogP contribution < -0.4 is 0 Å². The van der Waals surface area contributed by atoms with Crippen molar-refractivity contribution in [3.05, 3.63) is 58.5 Å². The standard InChI is InChI=1S/C18H15N5O2S/c1-11-15(23-6-3-2-4-14(23)19-11)18(24)22-8-13(9-22)17-20-16(21-25-17)12-5-7-26-10-12/h2-7,10,13H,8-9H2,1H3. The topological polar surface area (TPSA) is 76.5 Å². The Hall–Kier alpha value is -3.00. The van der Waals surface area contributed by atoms with E-state index >= 15 is 0 Å². The van der Waals surface area contributed by atoms with Crippen molar-refractivity contribution in [3.63, 3.8) is 0 Å². The fraction of sp³-hybridized carbons (Fsp3) is 0.222. The Morgan fingerprint density at radius 2 is 2.15 bits per heavy atom. The van der Waals surface area contributed by atoms with Crippen molar-refractivity contribution in [2.75, 3.05) is 13.1 Å². The maximum atomic E-state index is 12.9. The highest BCUT2D eigenvalue weighted by atomic mass is 32.1. The smallest absolute Gasteiger partial charge is 0.272 e. The first-order valence-corrected chi connectivity index (χ1v) is 9.24. The molecule has 0 radical (unpaired) electrons. The van der Waals surface area contributed by atoms with E-state index < -0.39 is 0 Å². The molecule has 130 valence electrons. The number of hydrogen-bond acceptors (Lipinski definition) is 6. The normalized spacial score (nSPS) is 14.7. The molecular weight excluding hydrogens is 350 g/mol. The van der Waals surface area contributed by atoms with Gasteiger partial charge in [-0.1, -0.05) is 11.2 Å². The summed E-state index contributed by atoms with van der Waals surface area (Å²) in [5.74, 6) is 1.25. The van der Waals surface area contributed by atoms with E-state index in [1.807, 2.05) is 52.5 Å². The molecule has 8 heteroatoms. The zero-order valence-electron chi connectivity index (χ0n) is 14.0. The van der Waals surface area contributed by atoms with Crippen LogP contribution in [0.1, 0.15) is 28.0 Å². The van der Waals surface area contributed by atoms with Crippen LogP contribution in [0.3, 0.4) is 0 Å². The quantitative estimate of drug-likeness (QED) is 0.558. The molecule has 5 heterocycles. The zero-order valence-corrected chi connectivity index (χ0v) is 14.8. The number of thiophene rings is 1. The van der Waals surface area contributed by atoms with Gasteiger partial charge < -0.3 is 9.42 Å². The van der Waals surface area contributed by atoms with E-state index in [1.165, 1.54) is 0 Å². The second-order valence-electron chi connectivity index (χ2n) is 6.35. The molecule has 0 aliphatic carbocycles. The number of carbonyl (C=O) groups is 1. The summed E-state index contributed by atoms with van der Waals surface area (Å²) < 4.78 is 7.23. The Morgan fingerprint density at radius 1 is 1.27 bits per heavy atom. The Kier molecular flexibility index (Phi) is 3.39. The van der Waals surface area contributed by atoms with Crippen molar-refractivity contribution in [1.29, 1.82) is 0 Å². The average Bonchev–Trinajstić information content (AvgIpc) is 3.32. The SMILES string of the molecule is Cc1nc2ccccn2c1C(=O)N1CC(c2nc(-c3ccsc3)no2)C1. The van der Waals surface area contributed by atoms with Crippen molar-refractivity contribution < 1.29 is 9.32 Å². The lowest BCUT2D eigenvalue weighted by molar-refractivity contribution is 0.0561. The molecule has 0 saturated carbocycles. The third-order valence-corrected chi connectivity index (χ3v) is 5.33. The monoisotopic (exact) mass is 365 g/mol. The van der Waals surface area contributed by atoms with Gasteiger partial charge in [-0.25, -0.2) is 4.98 Å². The zero-order chi connectivity index (χ0) is 17.7. The van der Waals surface area contributed by atoms with Crippen molar-refractivity contribution in [2.24, 2.45) is 0 Å². The lowest BCUT2D eigenvalue weighted by atomic mass is 9.99. The number of nitrogens with zero attached hydrogens (tertiary/aromatic N) is 5. The third-order valence-electron chi connectivity index (χ3n) is 4.65. The van der Waals surface area contributed by atoms with E-state index in [2.05, 4.69) is 15.1 Å². The molecule has 1 saturated heterocycles. The van der Waals surface area contributed by atoms with Crippen molar-refractivity contribution >= 4 is 22.9 Å². The number of imidazole rings is 1. The number of fused-ring (bicyclic) bond motifs is 1. The van der Waals surface area contributed by atoms with Gasteiger partial charge in [-0.2, -0.15) is 16.3 Å². The van der Waals surface area contributed by atoms with Gasteiger partial charge in [0, 0.05) is 30.2 Å². The molecule has 0 bridgehead atoms. The summed E-state index contributed by atoms with van der Waals surface area (Å²) in [6, 6.07) is 7.67. The van der Waals surface area contributed by atoms with Crippen LogP contribution in [-0.4, -0.2) is 43.4 Å². The van der Waals surface area contributed by atoms with Crippen molar-refractivity contribution in [1.82, 2.24) is 24.4 Å². The predicted molar refractivity (Wildman–Crippen MR) is 96.2 cm³/mol. The first kappa shape index (κ1) is 15.3. The average molecular weight is 365 g/mol. The van der Waals surface area contributed by atoms with Crippen LogP contribution >= 0.6 is 11.3 Å². The van der Waals surface area contributed by atoms with Gasteiger partial charge in [0.25, 0.3) is 5.91 Å². The number of carbonyl (C=O) groups excluding carboxylic acids is 1. The Balaban J connectivity index is 1.33. The van der Waals surface area contributed by atoms with Crippen LogP contribution in [0, 0.1) is 6.92 Å². The highest BCUT2D eigenvalue weighted by molar-refractivity contribution is 7.08. The number of amides is 1. The molecule has 0 unspecified atom stereocenters. The molecule has 5 rings (SSSR count). The summed E-state index contributed by atoms with van der Waals surface area (Å²) in [4.78, 5) is 23.6. The van der Waals surface area contributed by atoms with Crippen LogP contribution in [0.2, 0.25) is 0 Å². The van der Waals surface area contributed by atoms with E-state index in [1.54, 1.807) is 16.2 Å². The van der Waals surface area contributed by atoms with Crippen LogP contribution in [-0.2, 0) is 0 Å². The number of rotatable bonds is 3. The second kappa shape index (κ2) is 5.77. The Labute approximate surface area is 152 Å². The van der Waals surface area contributed by atoms with Gasteiger partial charge in [0.2, 0.25) is 11.7 Å². The fourth-order valence-corrected chi connectivity index (χ4v) is 3.87. The number of aromatic nitrogens is 4. The first-order chi connectivity index (χ1) is 12.7. The largest absolute Gasteiger partial charge is 0.339 e. The molecule has 4 aromatic rings. The van der Waals surface area contributed by atoms with Gasteiger partial charge >= 0.3 is 0 Å². The maximum Gasteiger partial charge on any atom is 0.272 e. The van der Waals surface area contributed by atoms with E-state index in [-0.39, 0.29) is 11.8 Å². The molecule has 1 aliphatic rings. The minimum atomic E-state index is -0.0185. The van der Waals surface area contributed by atoms with Crippen LogP contribution in [0.15, 0.2) is 45.7 Å². The second-order valence-corrected chi connectivity index (χ2v) is 7.13. The maximum absolute atomic E-state index is 12.9. The van der Waals surface area contributed by atoms with Crippen LogP contribution in [0.5, 0.6) is 0 Å². The minimum Gasteiger partial charge on any atom is -0.339 e. The van der Waals surface area contributed by atoms with E-state index in [9.17, 15) is 4.79 Å². The van der Waals surface area contributed by atoms with Gasteiger partial charge in [-0.05, 0) is 30.5 Å². The van der Waals surface area contributed by atoms with Gasteiger partial charge in [0.15, 0.2) is 0 Å². The first-order valence-electron chi connectivity index (χ1n) is 8.30. The molecule has 0 atom stereocenters. The summed E-state index contributed by atoms with van der Waals surface area (Å²) in [7, 11) is 0. The Bertz CT molecular complexity index is 1090.